The average molecular weight is 611 g/mol. The molecule has 1 aromatic heterocycles. The number of carbonyl (C=O) groups is 2. The van der Waals surface area contributed by atoms with Gasteiger partial charge in [0.05, 0.1) is 17.6 Å². The number of halogens is 4. The summed E-state index contributed by atoms with van der Waals surface area (Å²) >= 11 is 6.19. The summed E-state index contributed by atoms with van der Waals surface area (Å²) in [5, 5.41) is 15.5. The molecule has 0 saturated heterocycles. The minimum atomic E-state index is -4.84. The Morgan fingerprint density at radius 3 is 2.40 bits per heavy atom. The van der Waals surface area contributed by atoms with Crippen LogP contribution in [0.2, 0.25) is 5.15 Å². The number of carboxylic acid groups (broad SMARTS) is 1. The second-order valence-electron chi connectivity index (χ2n) is 10.7. The third-order valence-electron chi connectivity index (χ3n) is 6.24. The van der Waals surface area contributed by atoms with Gasteiger partial charge in [-0.2, -0.15) is 18.3 Å². The van der Waals surface area contributed by atoms with Gasteiger partial charge in [0, 0.05) is 24.3 Å². The number of aromatic nitrogens is 2. The second kappa shape index (κ2) is 10.7. The Bertz CT molecular complexity index is 1410. The number of hydrogen-bond acceptors (Lipinski definition) is 7. The van der Waals surface area contributed by atoms with Crippen molar-refractivity contribution < 1.29 is 45.8 Å². The van der Waals surface area contributed by atoms with Gasteiger partial charge in [-0.15, -0.1) is 0 Å². The van der Waals surface area contributed by atoms with Crippen molar-refractivity contribution in [2.24, 2.45) is 5.41 Å². The molecule has 2 heterocycles. The lowest BCUT2D eigenvalue weighted by molar-refractivity contribution is -0.242. The van der Waals surface area contributed by atoms with Crippen molar-refractivity contribution in [2.45, 2.75) is 76.8 Å². The highest BCUT2D eigenvalue weighted by atomic mass is 35.5. The zero-order chi connectivity index (χ0) is 30.4. The fraction of sp³-hybridized carbons (Fsp3) is 0.542. The number of aliphatic carboxylic acids is 1. The van der Waals surface area contributed by atoms with E-state index < -0.39 is 45.4 Å². The van der Waals surface area contributed by atoms with Gasteiger partial charge < -0.3 is 14.6 Å². The van der Waals surface area contributed by atoms with Crippen LogP contribution in [0.25, 0.3) is 0 Å². The van der Waals surface area contributed by atoms with Gasteiger partial charge in [0.1, 0.15) is 16.7 Å². The summed E-state index contributed by atoms with van der Waals surface area (Å²) in [5.74, 6) is -1.08. The number of benzene rings is 1. The van der Waals surface area contributed by atoms with E-state index in [1.165, 1.54) is 42.9 Å². The van der Waals surface area contributed by atoms with Crippen molar-refractivity contribution >= 4 is 45.1 Å². The number of carboxylic acids is 1. The highest BCUT2D eigenvalue weighted by Gasteiger charge is 2.51. The highest BCUT2D eigenvalue weighted by molar-refractivity contribution is 7.93. The maximum Gasteiger partial charge on any atom is 0.427 e. The lowest BCUT2D eigenvalue weighted by atomic mass is 9.86. The molecule has 1 unspecified atom stereocenters. The van der Waals surface area contributed by atoms with Gasteiger partial charge in [-0.3, -0.25) is 19.1 Å². The zero-order valence-corrected chi connectivity index (χ0v) is 24.1. The van der Waals surface area contributed by atoms with Crippen molar-refractivity contribution in [2.75, 3.05) is 16.2 Å². The molecule has 0 saturated carbocycles. The van der Waals surface area contributed by atoms with Gasteiger partial charge in [-0.25, -0.2) is 13.2 Å². The van der Waals surface area contributed by atoms with Gasteiger partial charge in [0.25, 0.3) is 10.0 Å². The van der Waals surface area contributed by atoms with Crippen molar-refractivity contribution in [3.8, 4) is 5.75 Å². The van der Waals surface area contributed by atoms with Crippen LogP contribution in [0.1, 0.15) is 54.0 Å². The van der Waals surface area contributed by atoms with Gasteiger partial charge in [0.15, 0.2) is 5.15 Å². The van der Waals surface area contributed by atoms with Crippen molar-refractivity contribution in [3.05, 3.63) is 29.5 Å². The number of amides is 1. The van der Waals surface area contributed by atoms with E-state index in [1.54, 1.807) is 13.8 Å². The molecule has 222 valence electrons. The third kappa shape index (κ3) is 6.40. The molecule has 0 spiro atoms. The van der Waals surface area contributed by atoms with E-state index >= 15 is 0 Å². The molecule has 1 aliphatic rings. The molecule has 3 rings (SSSR count). The van der Waals surface area contributed by atoms with Crippen LogP contribution in [-0.4, -0.2) is 59.8 Å². The van der Waals surface area contributed by atoms with E-state index in [0.29, 0.717) is 13.8 Å². The minimum absolute atomic E-state index is 0.0305. The topological polar surface area (TPSA) is 140 Å². The number of sulfonamides is 1. The molecule has 1 aliphatic heterocycles. The van der Waals surface area contributed by atoms with Gasteiger partial charge in [0.2, 0.25) is 5.60 Å². The number of anilines is 2. The Hall–Kier alpha value is -3.20. The predicted molar refractivity (Wildman–Crippen MR) is 139 cm³/mol. The summed E-state index contributed by atoms with van der Waals surface area (Å²) in [4.78, 5) is 23.6. The molecule has 1 amide bonds. The number of fused-ring (bicyclic) bond motifs is 1. The van der Waals surface area contributed by atoms with Crippen LogP contribution in [0.15, 0.2) is 29.3 Å². The van der Waals surface area contributed by atoms with Crippen molar-refractivity contribution in [1.29, 1.82) is 0 Å². The molecule has 40 heavy (non-hydrogen) atoms. The quantitative estimate of drug-likeness (QED) is 0.401. The number of carbonyl (C=O) groups excluding carboxylic acids is 1. The lowest BCUT2D eigenvalue weighted by Crippen LogP contribution is -2.46. The van der Waals surface area contributed by atoms with E-state index in [4.69, 9.17) is 16.3 Å². The lowest BCUT2D eigenvalue weighted by Gasteiger charge is -2.37. The molecule has 0 bridgehead atoms. The molecule has 0 fully saturated rings. The van der Waals surface area contributed by atoms with Crippen LogP contribution in [-0.2, 0) is 19.6 Å². The molecule has 2 N–H and O–H groups in total. The van der Waals surface area contributed by atoms with E-state index in [0.717, 1.165) is 4.31 Å². The van der Waals surface area contributed by atoms with Crippen LogP contribution < -0.4 is 14.4 Å². The molecular weight excluding hydrogens is 581 g/mol. The number of nitrogens with one attached hydrogen (secondary N) is 1. The molecule has 0 aliphatic carbocycles. The molecule has 16 heteroatoms. The molecular formula is C24H30ClF3N4O7S. The van der Waals surface area contributed by atoms with Crippen LogP contribution >= 0.6 is 11.6 Å². The Labute approximate surface area is 234 Å². The second-order valence-corrected chi connectivity index (χ2v) is 12.9. The van der Waals surface area contributed by atoms with E-state index in [9.17, 15) is 36.3 Å². The maximum absolute atomic E-state index is 13.9. The number of nitrogens with zero attached hydrogens (tertiary/aromatic N) is 3. The Kier molecular flexibility index (Phi) is 8.34. The zero-order valence-electron chi connectivity index (χ0n) is 22.5. The molecule has 1 atom stereocenters. The Morgan fingerprint density at radius 2 is 1.88 bits per heavy atom. The summed E-state index contributed by atoms with van der Waals surface area (Å²) in [6, 6.07) is 3.56. The number of hydrogen-bond donors (Lipinski definition) is 2. The molecule has 1 aromatic carbocycles. The van der Waals surface area contributed by atoms with Crippen LogP contribution in [0.5, 0.6) is 5.75 Å². The standard InChI is InChI=1S/C24H30ClF3N4O7S/c1-13(2)31-12-18(19(25)30-31)40(36,37)32-11-15(10-22(3,4)20(33)34)38-17-8-7-14(9-16(17)32)29-21(35)39-23(5,6)24(26,27)28/h7-9,12-13,15H,10-11H2,1-6H3,(H,29,35)(H,33,34). The maximum atomic E-state index is 13.9. The summed E-state index contributed by atoms with van der Waals surface area (Å²) in [5.41, 5.74) is -4.21. The summed E-state index contributed by atoms with van der Waals surface area (Å²) in [6.45, 7) is 7.51. The molecule has 11 nitrogen and oxygen atoms in total. The fourth-order valence-corrected chi connectivity index (χ4v) is 5.65. The SMILES string of the molecule is CC(C)n1cc(S(=O)(=O)N2CC(CC(C)(C)C(=O)O)Oc3ccc(NC(=O)OC(C)(C)C(F)(F)F)cc32)c(Cl)n1. The number of ether oxygens (including phenoxy) is 2. The first-order valence-corrected chi connectivity index (χ1v) is 13.9. The normalized spacial score (nSPS) is 16.4. The monoisotopic (exact) mass is 610 g/mol. The predicted octanol–water partition coefficient (Wildman–Crippen LogP) is 5.46. The summed E-state index contributed by atoms with van der Waals surface area (Å²) in [7, 11) is -4.42. The van der Waals surface area contributed by atoms with Crippen LogP contribution in [0, 0.1) is 5.41 Å². The Morgan fingerprint density at radius 1 is 1.25 bits per heavy atom. The minimum Gasteiger partial charge on any atom is -0.486 e. The highest BCUT2D eigenvalue weighted by Crippen LogP contribution is 2.42. The summed E-state index contributed by atoms with van der Waals surface area (Å²) in [6.07, 6.45) is -5.96. The van der Waals surface area contributed by atoms with E-state index in [1.807, 2.05) is 0 Å². The average Bonchev–Trinajstić information content (AvgIpc) is 3.20. The molecule has 0 radical (unpaired) electrons. The van der Waals surface area contributed by atoms with Crippen LogP contribution in [0.3, 0.4) is 0 Å². The summed E-state index contributed by atoms with van der Waals surface area (Å²) < 4.78 is 79.9. The Balaban J connectivity index is 2.04. The smallest absolute Gasteiger partial charge is 0.427 e. The first-order chi connectivity index (χ1) is 18.2. The van der Waals surface area contributed by atoms with E-state index in [2.05, 4.69) is 15.2 Å². The van der Waals surface area contributed by atoms with Gasteiger partial charge in [-0.1, -0.05) is 11.6 Å². The fourth-order valence-electron chi connectivity index (χ4n) is 3.72. The van der Waals surface area contributed by atoms with Gasteiger partial charge in [-0.05, 0) is 59.7 Å². The first kappa shape index (κ1) is 31.3. The van der Waals surface area contributed by atoms with Gasteiger partial charge >= 0.3 is 18.2 Å². The third-order valence-corrected chi connectivity index (χ3v) is 8.41. The molecule has 2 aromatic rings. The van der Waals surface area contributed by atoms with E-state index in [-0.39, 0.29) is 46.2 Å². The number of alkyl halides is 3. The van der Waals surface area contributed by atoms with Crippen molar-refractivity contribution in [3.63, 3.8) is 0 Å². The largest absolute Gasteiger partial charge is 0.486 e. The number of rotatable bonds is 8. The van der Waals surface area contributed by atoms with Crippen LogP contribution in [0.4, 0.5) is 29.3 Å². The first-order valence-electron chi connectivity index (χ1n) is 12.0. The van der Waals surface area contributed by atoms with Crippen molar-refractivity contribution in [1.82, 2.24) is 9.78 Å².